The maximum Gasteiger partial charge on any atom is 0.221 e. The first-order valence-corrected chi connectivity index (χ1v) is 12.6. The number of hydrogen-bond acceptors (Lipinski definition) is 5. The predicted octanol–water partition coefficient (Wildman–Crippen LogP) is 3.09. The van der Waals surface area contributed by atoms with Gasteiger partial charge in [0.2, 0.25) is 15.9 Å². The van der Waals surface area contributed by atoms with E-state index in [1.54, 1.807) is 31.2 Å². The van der Waals surface area contributed by atoms with Gasteiger partial charge in [0.25, 0.3) is 0 Å². The van der Waals surface area contributed by atoms with E-state index in [4.69, 9.17) is 26.8 Å². The van der Waals surface area contributed by atoms with Crippen LogP contribution in [0, 0.1) is 17.8 Å². The molecule has 0 aliphatic rings. The van der Waals surface area contributed by atoms with Crippen molar-refractivity contribution < 1.29 is 22.7 Å². The molecule has 1 amide bonds. The van der Waals surface area contributed by atoms with Crippen molar-refractivity contribution in [1.29, 1.82) is 0 Å². The minimum absolute atomic E-state index is 0.0648. The van der Waals surface area contributed by atoms with E-state index in [1.807, 2.05) is 18.2 Å². The first-order valence-electron chi connectivity index (χ1n) is 10.4. The Labute approximate surface area is 200 Å². The third-order valence-electron chi connectivity index (χ3n) is 5.04. The fourth-order valence-corrected chi connectivity index (χ4v) is 4.08. The first-order chi connectivity index (χ1) is 15.6. The molecule has 0 aliphatic carbocycles. The Morgan fingerprint density at radius 3 is 2.45 bits per heavy atom. The Kier molecular flexibility index (Phi) is 10.0. The topological polar surface area (TPSA) is 98.9 Å². The van der Waals surface area contributed by atoms with Gasteiger partial charge in [-0.3, -0.25) is 4.79 Å². The van der Waals surface area contributed by atoms with Crippen molar-refractivity contribution >= 4 is 27.5 Å². The fraction of sp³-hybridized carbons (Fsp3) is 0.375. The molecule has 2 aromatic carbocycles. The van der Waals surface area contributed by atoms with Crippen LogP contribution in [0.15, 0.2) is 42.5 Å². The van der Waals surface area contributed by atoms with Gasteiger partial charge in [0.15, 0.2) is 11.5 Å². The summed E-state index contributed by atoms with van der Waals surface area (Å²) in [6, 6.07) is 12.6. The fourth-order valence-electron chi connectivity index (χ4n) is 3.08. The SMILES string of the molecule is CCC(CN(CCc1ccc(OCC#Cc2ccc(Cl)cc2)c(OC)c1)S(C)(=O)=O)C(N)=O. The monoisotopic (exact) mass is 492 g/mol. The molecule has 1 atom stereocenters. The molecule has 9 heteroatoms. The maximum absolute atomic E-state index is 12.2. The molecule has 2 aromatic rings. The van der Waals surface area contributed by atoms with Crippen LogP contribution in [-0.2, 0) is 21.2 Å². The number of amides is 1. The van der Waals surface area contributed by atoms with Gasteiger partial charge in [0.05, 0.1) is 19.3 Å². The van der Waals surface area contributed by atoms with E-state index in [2.05, 4.69) is 11.8 Å². The van der Waals surface area contributed by atoms with Crippen LogP contribution in [0.3, 0.4) is 0 Å². The largest absolute Gasteiger partial charge is 0.493 e. The molecule has 0 aromatic heterocycles. The number of sulfonamides is 1. The van der Waals surface area contributed by atoms with E-state index in [0.29, 0.717) is 29.4 Å². The Bertz CT molecular complexity index is 1110. The molecule has 0 aliphatic heterocycles. The van der Waals surface area contributed by atoms with Gasteiger partial charge in [0, 0.05) is 23.7 Å². The summed E-state index contributed by atoms with van der Waals surface area (Å²) in [4.78, 5) is 11.5. The number of hydrogen-bond donors (Lipinski definition) is 1. The van der Waals surface area contributed by atoms with Crippen LogP contribution in [0.1, 0.15) is 24.5 Å². The molecule has 1 unspecified atom stereocenters. The summed E-state index contributed by atoms with van der Waals surface area (Å²) in [6.45, 7) is 2.26. The highest BCUT2D eigenvalue weighted by atomic mass is 35.5. The second-order valence-electron chi connectivity index (χ2n) is 7.46. The number of rotatable bonds is 11. The van der Waals surface area contributed by atoms with Crippen molar-refractivity contribution in [2.75, 3.05) is 33.1 Å². The number of halogens is 1. The molecule has 0 fully saturated rings. The second-order valence-corrected chi connectivity index (χ2v) is 9.88. The van der Waals surface area contributed by atoms with Gasteiger partial charge in [-0.1, -0.05) is 36.4 Å². The number of ether oxygens (including phenoxy) is 2. The molecule has 0 heterocycles. The first kappa shape index (κ1) is 26.5. The summed E-state index contributed by atoms with van der Waals surface area (Å²) in [5.41, 5.74) is 7.09. The number of benzene rings is 2. The number of carbonyl (C=O) groups is 1. The summed E-state index contributed by atoms with van der Waals surface area (Å²) < 4.78 is 36.8. The molecule has 0 spiro atoms. The van der Waals surface area contributed by atoms with Crippen LogP contribution < -0.4 is 15.2 Å². The lowest BCUT2D eigenvalue weighted by atomic mass is 10.1. The summed E-state index contributed by atoms with van der Waals surface area (Å²) in [5.74, 6) is 5.96. The quantitative estimate of drug-likeness (QED) is 0.486. The van der Waals surface area contributed by atoms with Crippen molar-refractivity contribution in [2.24, 2.45) is 11.7 Å². The maximum atomic E-state index is 12.2. The van der Waals surface area contributed by atoms with Gasteiger partial charge >= 0.3 is 0 Å². The standard InChI is InChI=1S/C24H29ClN2O5S/c1-4-20(24(26)28)17-27(33(3,29)30)14-13-19-9-12-22(23(16-19)31-2)32-15-5-6-18-7-10-21(25)11-8-18/h7-12,16,20H,4,13-15,17H2,1-3H3,(H2,26,28). The highest BCUT2D eigenvalue weighted by molar-refractivity contribution is 7.88. The van der Waals surface area contributed by atoms with E-state index in [1.165, 1.54) is 11.4 Å². The smallest absolute Gasteiger partial charge is 0.221 e. The van der Waals surface area contributed by atoms with E-state index in [9.17, 15) is 13.2 Å². The zero-order valence-corrected chi connectivity index (χ0v) is 20.6. The predicted molar refractivity (Wildman–Crippen MR) is 130 cm³/mol. The minimum atomic E-state index is -3.49. The Hall–Kier alpha value is -2.73. The lowest BCUT2D eigenvalue weighted by Crippen LogP contribution is -2.40. The normalized spacial score (nSPS) is 12.0. The molecule has 2 rings (SSSR count). The number of primary amides is 1. The number of nitrogens with two attached hydrogens (primary N) is 1. The lowest BCUT2D eigenvalue weighted by molar-refractivity contribution is -0.122. The van der Waals surface area contributed by atoms with Crippen LogP contribution in [0.2, 0.25) is 5.02 Å². The zero-order chi connectivity index (χ0) is 24.4. The van der Waals surface area contributed by atoms with Crippen LogP contribution in [0.5, 0.6) is 11.5 Å². The van der Waals surface area contributed by atoms with Crippen molar-refractivity contribution in [3.8, 4) is 23.3 Å². The molecule has 178 valence electrons. The number of nitrogens with zero attached hydrogens (tertiary/aromatic N) is 1. The Morgan fingerprint density at radius 1 is 1.18 bits per heavy atom. The zero-order valence-electron chi connectivity index (χ0n) is 19.0. The highest BCUT2D eigenvalue weighted by Gasteiger charge is 2.23. The van der Waals surface area contributed by atoms with E-state index in [0.717, 1.165) is 17.4 Å². The molecule has 2 N–H and O–H groups in total. The number of methoxy groups -OCH3 is 1. The molecule has 0 radical (unpaired) electrons. The lowest BCUT2D eigenvalue weighted by Gasteiger charge is -2.23. The van der Waals surface area contributed by atoms with E-state index >= 15 is 0 Å². The highest BCUT2D eigenvalue weighted by Crippen LogP contribution is 2.28. The average molecular weight is 493 g/mol. The summed E-state index contributed by atoms with van der Waals surface area (Å²) in [6.07, 6.45) is 2.04. The summed E-state index contributed by atoms with van der Waals surface area (Å²) >= 11 is 5.86. The Morgan fingerprint density at radius 2 is 1.88 bits per heavy atom. The third kappa shape index (κ3) is 8.61. The van der Waals surface area contributed by atoms with Crippen molar-refractivity contribution in [1.82, 2.24) is 4.31 Å². The van der Waals surface area contributed by atoms with Crippen LogP contribution in [0.25, 0.3) is 0 Å². The Balaban J connectivity index is 2.02. The molecular weight excluding hydrogens is 464 g/mol. The molecule has 7 nitrogen and oxygen atoms in total. The molecule has 0 bridgehead atoms. The van der Waals surface area contributed by atoms with Crippen molar-refractivity contribution in [3.63, 3.8) is 0 Å². The summed E-state index contributed by atoms with van der Waals surface area (Å²) in [5, 5.41) is 0.652. The minimum Gasteiger partial charge on any atom is -0.493 e. The van der Waals surface area contributed by atoms with E-state index in [-0.39, 0.29) is 19.7 Å². The van der Waals surface area contributed by atoms with Gasteiger partial charge in [-0.25, -0.2) is 12.7 Å². The van der Waals surface area contributed by atoms with Crippen LogP contribution >= 0.6 is 11.6 Å². The third-order valence-corrected chi connectivity index (χ3v) is 6.56. The van der Waals surface area contributed by atoms with Crippen molar-refractivity contribution in [3.05, 3.63) is 58.6 Å². The molecule has 0 saturated heterocycles. The van der Waals surface area contributed by atoms with Gasteiger partial charge in [-0.15, -0.1) is 0 Å². The summed E-state index contributed by atoms with van der Waals surface area (Å²) in [7, 11) is -1.96. The van der Waals surface area contributed by atoms with Gasteiger partial charge in [-0.2, -0.15) is 0 Å². The second kappa shape index (κ2) is 12.5. The van der Waals surface area contributed by atoms with Gasteiger partial charge < -0.3 is 15.2 Å². The average Bonchev–Trinajstić information content (AvgIpc) is 2.77. The van der Waals surface area contributed by atoms with Gasteiger partial charge in [0.1, 0.15) is 6.61 Å². The number of carbonyl (C=O) groups excluding carboxylic acids is 1. The van der Waals surface area contributed by atoms with Crippen LogP contribution in [0.4, 0.5) is 0 Å². The van der Waals surface area contributed by atoms with Crippen molar-refractivity contribution in [2.45, 2.75) is 19.8 Å². The van der Waals surface area contributed by atoms with Crippen LogP contribution in [-0.4, -0.2) is 51.7 Å². The van der Waals surface area contributed by atoms with E-state index < -0.39 is 21.8 Å². The molecular formula is C24H29ClN2O5S. The van der Waals surface area contributed by atoms with Gasteiger partial charge in [-0.05, 0) is 54.8 Å². The molecule has 33 heavy (non-hydrogen) atoms. The molecule has 0 saturated carbocycles.